The van der Waals surface area contributed by atoms with E-state index in [1.807, 2.05) is 0 Å². The molecule has 0 bridgehead atoms. The standard InChI is InChI=1S/C17H16ClN3O4/c1-21(5-6-22)17(23)10-7-13(24-2)15(20-9-10)14-8-12-16(25-14)11(18)3-4-19-12/h3-4,7-9,22H,5-6H2,1-2H3. The van der Waals surface area contributed by atoms with E-state index < -0.39 is 0 Å². The lowest BCUT2D eigenvalue weighted by Crippen LogP contribution is -2.29. The van der Waals surface area contributed by atoms with Crippen molar-refractivity contribution >= 4 is 28.6 Å². The topological polar surface area (TPSA) is 88.7 Å². The molecular formula is C17H16ClN3O4. The Balaban J connectivity index is 2.01. The Bertz CT molecular complexity index is 925. The van der Waals surface area contributed by atoms with E-state index in [2.05, 4.69) is 9.97 Å². The molecule has 3 aromatic rings. The van der Waals surface area contributed by atoms with Crippen LogP contribution in [0.4, 0.5) is 0 Å². The van der Waals surface area contributed by atoms with Crippen LogP contribution in [-0.4, -0.2) is 53.2 Å². The molecule has 1 N–H and O–H groups in total. The number of furan rings is 1. The lowest BCUT2D eigenvalue weighted by Gasteiger charge is -2.16. The summed E-state index contributed by atoms with van der Waals surface area (Å²) < 4.78 is 11.1. The number of likely N-dealkylation sites (N-methyl/N-ethyl adjacent to an activating group) is 1. The quantitative estimate of drug-likeness (QED) is 0.751. The normalized spacial score (nSPS) is 10.9. The van der Waals surface area contributed by atoms with Crippen molar-refractivity contribution in [1.29, 1.82) is 0 Å². The fraction of sp³-hybridized carbons (Fsp3) is 0.235. The SMILES string of the molecule is COc1cc(C(=O)N(C)CCO)cnc1-c1cc2nccc(Cl)c2o1. The number of ether oxygens (including phenoxy) is 1. The highest BCUT2D eigenvalue weighted by atomic mass is 35.5. The molecule has 130 valence electrons. The molecule has 0 saturated heterocycles. The maximum atomic E-state index is 12.3. The summed E-state index contributed by atoms with van der Waals surface area (Å²) in [5, 5.41) is 9.41. The third kappa shape index (κ3) is 3.29. The number of fused-ring (bicyclic) bond motifs is 1. The lowest BCUT2D eigenvalue weighted by molar-refractivity contribution is 0.0766. The van der Waals surface area contributed by atoms with E-state index in [-0.39, 0.29) is 19.1 Å². The number of aliphatic hydroxyl groups is 1. The van der Waals surface area contributed by atoms with Gasteiger partial charge in [-0.15, -0.1) is 0 Å². The second kappa shape index (κ2) is 7.08. The van der Waals surface area contributed by atoms with E-state index in [0.29, 0.717) is 38.9 Å². The zero-order valence-electron chi connectivity index (χ0n) is 13.7. The summed E-state index contributed by atoms with van der Waals surface area (Å²) in [6.45, 7) is 0.119. The first-order chi connectivity index (χ1) is 12.0. The van der Waals surface area contributed by atoms with Crippen molar-refractivity contribution in [3.8, 4) is 17.2 Å². The van der Waals surface area contributed by atoms with Crippen molar-refractivity contribution in [3.63, 3.8) is 0 Å². The van der Waals surface area contributed by atoms with Crippen molar-refractivity contribution in [2.45, 2.75) is 0 Å². The van der Waals surface area contributed by atoms with E-state index >= 15 is 0 Å². The van der Waals surface area contributed by atoms with Crippen LogP contribution < -0.4 is 4.74 Å². The Morgan fingerprint density at radius 1 is 1.40 bits per heavy atom. The minimum Gasteiger partial charge on any atom is -0.494 e. The number of hydrogen-bond acceptors (Lipinski definition) is 6. The minimum absolute atomic E-state index is 0.113. The number of carbonyl (C=O) groups is 1. The van der Waals surface area contributed by atoms with Crippen molar-refractivity contribution in [2.24, 2.45) is 0 Å². The summed E-state index contributed by atoms with van der Waals surface area (Å²) in [5.41, 5.74) is 1.86. The van der Waals surface area contributed by atoms with Crippen molar-refractivity contribution in [2.75, 3.05) is 27.3 Å². The molecule has 25 heavy (non-hydrogen) atoms. The molecule has 0 aliphatic heterocycles. The number of rotatable bonds is 5. The van der Waals surface area contributed by atoms with Gasteiger partial charge in [0.05, 0.1) is 24.3 Å². The summed E-state index contributed by atoms with van der Waals surface area (Å²) in [7, 11) is 3.09. The zero-order valence-corrected chi connectivity index (χ0v) is 14.4. The number of aliphatic hydroxyl groups excluding tert-OH is 1. The van der Waals surface area contributed by atoms with Crippen LogP contribution in [-0.2, 0) is 0 Å². The molecule has 3 heterocycles. The third-order valence-corrected chi connectivity index (χ3v) is 4.00. The monoisotopic (exact) mass is 361 g/mol. The molecule has 1 amide bonds. The maximum Gasteiger partial charge on any atom is 0.255 e. The summed E-state index contributed by atoms with van der Waals surface area (Å²) in [6, 6.07) is 4.94. The highest BCUT2D eigenvalue weighted by Gasteiger charge is 2.19. The van der Waals surface area contributed by atoms with Gasteiger partial charge in [0.15, 0.2) is 11.3 Å². The van der Waals surface area contributed by atoms with E-state index in [1.165, 1.54) is 18.2 Å². The van der Waals surface area contributed by atoms with Gasteiger partial charge in [0.2, 0.25) is 0 Å². The maximum absolute atomic E-state index is 12.3. The van der Waals surface area contributed by atoms with E-state index in [4.69, 9.17) is 25.9 Å². The van der Waals surface area contributed by atoms with Gasteiger partial charge in [-0.05, 0) is 12.1 Å². The van der Waals surface area contributed by atoms with Gasteiger partial charge in [-0.3, -0.25) is 9.78 Å². The average Bonchev–Trinajstić information content (AvgIpc) is 3.06. The van der Waals surface area contributed by atoms with Crippen LogP contribution in [0.25, 0.3) is 22.6 Å². The molecule has 0 atom stereocenters. The molecular weight excluding hydrogens is 346 g/mol. The van der Waals surface area contributed by atoms with E-state index in [1.54, 1.807) is 31.4 Å². The Labute approximate surface area is 148 Å². The number of carbonyl (C=O) groups excluding carboxylic acids is 1. The van der Waals surface area contributed by atoms with Crippen LogP contribution in [0.5, 0.6) is 5.75 Å². The fourth-order valence-electron chi connectivity index (χ4n) is 2.40. The van der Waals surface area contributed by atoms with Crippen LogP contribution in [0.15, 0.2) is 35.0 Å². The Kier molecular flexibility index (Phi) is 4.87. The number of methoxy groups -OCH3 is 1. The number of hydrogen-bond donors (Lipinski definition) is 1. The Hall–Kier alpha value is -2.64. The predicted octanol–water partition coefficient (Wildman–Crippen LogP) is 2.62. The van der Waals surface area contributed by atoms with Crippen LogP contribution in [0.3, 0.4) is 0 Å². The van der Waals surface area contributed by atoms with E-state index in [9.17, 15) is 4.79 Å². The van der Waals surface area contributed by atoms with Gasteiger partial charge in [0.25, 0.3) is 5.91 Å². The molecule has 0 unspecified atom stereocenters. The molecule has 8 heteroatoms. The minimum atomic E-state index is -0.263. The van der Waals surface area contributed by atoms with Gasteiger partial charge in [-0.25, -0.2) is 4.98 Å². The lowest BCUT2D eigenvalue weighted by atomic mass is 10.2. The summed E-state index contributed by atoms with van der Waals surface area (Å²) in [5.74, 6) is 0.564. The molecule has 0 aromatic carbocycles. The highest BCUT2D eigenvalue weighted by Crippen LogP contribution is 2.34. The molecule has 0 aliphatic carbocycles. The number of nitrogens with zero attached hydrogens (tertiary/aromatic N) is 3. The molecule has 0 saturated carbocycles. The van der Waals surface area contributed by atoms with Crippen LogP contribution in [0, 0.1) is 0 Å². The summed E-state index contributed by atoms with van der Waals surface area (Å²) >= 11 is 6.11. The third-order valence-electron chi connectivity index (χ3n) is 3.70. The number of aromatic nitrogens is 2. The first-order valence-electron chi connectivity index (χ1n) is 7.50. The number of pyridine rings is 2. The fourth-order valence-corrected chi connectivity index (χ4v) is 2.59. The molecule has 0 radical (unpaired) electrons. The molecule has 0 fully saturated rings. The van der Waals surface area contributed by atoms with Gasteiger partial charge in [-0.2, -0.15) is 0 Å². The molecule has 3 aromatic heterocycles. The Morgan fingerprint density at radius 3 is 2.88 bits per heavy atom. The second-order valence-electron chi connectivity index (χ2n) is 5.34. The summed E-state index contributed by atoms with van der Waals surface area (Å²) in [6.07, 6.45) is 3.03. The average molecular weight is 362 g/mol. The van der Waals surface area contributed by atoms with E-state index in [0.717, 1.165) is 0 Å². The molecule has 0 aliphatic rings. The van der Waals surface area contributed by atoms with Gasteiger partial charge in [0.1, 0.15) is 17.0 Å². The number of halogens is 1. The first kappa shape index (κ1) is 17.2. The molecule has 3 rings (SSSR count). The van der Waals surface area contributed by atoms with Crippen molar-refractivity contribution < 1.29 is 19.1 Å². The number of amides is 1. The van der Waals surface area contributed by atoms with Crippen LogP contribution in [0.1, 0.15) is 10.4 Å². The first-order valence-corrected chi connectivity index (χ1v) is 7.87. The summed E-state index contributed by atoms with van der Waals surface area (Å²) in [4.78, 5) is 22.2. The molecule has 0 spiro atoms. The zero-order chi connectivity index (χ0) is 18.0. The molecule has 7 nitrogen and oxygen atoms in total. The second-order valence-corrected chi connectivity index (χ2v) is 5.75. The van der Waals surface area contributed by atoms with Crippen molar-refractivity contribution in [3.05, 3.63) is 41.2 Å². The van der Waals surface area contributed by atoms with Crippen LogP contribution in [0.2, 0.25) is 5.02 Å². The predicted molar refractivity (Wildman–Crippen MR) is 92.8 cm³/mol. The smallest absolute Gasteiger partial charge is 0.255 e. The largest absolute Gasteiger partial charge is 0.494 e. The van der Waals surface area contributed by atoms with Gasteiger partial charge < -0.3 is 19.2 Å². The van der Waals surface area contributed by atoms with Gasteiger partial charge >= 0.3 is 0 Å². The van der Waals surface area contributed by atoms with Gasteiger partial charge in [-0.1, -0.05) is 11.6 Å². The Morgan fingerprint density at radius 2 is 2.20 bits per heavy atom. The van der Waals surface area contributed by atoms with Crippen molar-refractivity contribution in [1.82, 2.24) is 14.9 Å². The van der Waals surface area contributed by atoms with Gasteiger partial charge in [0, 0.05) is 32.1 Å². The van der Waals surface area contributed by atoms with Crippen LogP contribution >= 0.6 is 11.6 Å². The highest BCUT2D eigenvalue weighted by molar-refractivity contribution is 6.34.